The Bertz CT molecular complexity index is 551. The zero-order valence-electron chi connectivity index (χ0n) is 12.2. The van der Waals surface area contributed by atoms with Crippen molar-refractivity contribution in [2.24, 2.45) is 5.41 Å². The fraction of sp³-hybridized carbons (Fsp3) is 0.533. The molecule has 1 aromatic carbocycles. The van der Waals surface area contributed by atoms with Gasteiger partial charge in [0.15, 0.2) is 0 Å². The van der Waals surface area contributed by atoms with Crippen LogP contribution in [-0.2, 0) is 0 Å². The van der Waals surface area contributed by atoms with Crippen LogP contribution in [0, 0.1) is 15.5 Å². The van der Waals surface area contributed by atoms with Gasteiger partial charge in [-0.3, -0.25) is 14.9 Å². The zero-order chi connectivity index (χ0) is 15.5. The van der Waals surface area contributed by atoms with Crippen molar-refractivity contribution in [2.45, 2.75) is 39.0 Å². The summed E-state index contributed by atoms with van der Waals surface area (Å²) >= 11 is 0. The molecule has 0 atom stereocenters. The summed E-state index contributed by atoms with van der Waals surface area (Å²) in [6.07, 6.45) is 5.81. The Balaban J connectivity index is 2.07. The molecule has 1 fully saturated rings. The van der Waals surface area contributed by atoms with Gasteiger partial charge in [-0.05, 0) is 24.3 Å². The maximum atomic E-state index is 12.2. The largest absolute Gasteiger partial charge is 0.393 e. The summed E-state index contributed by atoms with van der Waals surface area (Å²) in [5.74, 6) is -0.344. The molecule has 0 unspecified atom stereocenters. The third kappa shape index (κ3) is 3.51. The van der Waals surface area contributed by atoms with E-state index in [-0.39, 0.29) is 28.3 Å². The molecule has 6 heteroatoms. The number of benzene rings is 1. The molecule has 1 aliphatic carbocycles. The molecular formula is C15H21N3O3. The second kappa shape index (κ2) is 6.11. The van der Waals surface area contributed by atoms with Crippen LogP contribution in [0.25, 0.3) is 0 Å². The van der Waals surface area contributed by atoms with Crippen LogP contribution in [0.4, 0.5) is 11.4 Å². The number of nitrogens with one attached hydrogen (secondary N) is 1. The number of carbonyl (C=O) groups excluding carboxylic acids is 1. The summed E-state index contributed by atoms with van der Waals surface area (Å²) in [7, 11) is 0. The van der Waals surface area contributed by atoms with Crippen molar-refractivity contribution in [1.82, 2.24) is 5.32 Å². The lowest BCUT2D eigenvalue weighted by Gasteiger charge is -2.33. The number of nitrogens with two attached hydrogens (primary N) is 1. The van der Waals surface area contributed by atoms with Crippen molar-refractivity contribution in [3.05, 3.63) is 33.9 Å². The first-order valence-electron chi connectivity index (χ1n) is 7.24. The second-order valence-corrected chi connectivity index (χ2v) is 6.05. The van der Waals surface area contributed by atoms with Gasteiger partial charge in [0, 0.05) is 12.6 Å². The molecule has 0 aliphatic heterocycles. The van der Waals surface area contributed by atoms with Crippen LogP contribution in [0.15, 0.2) is 18.2 Å². The quantitative estimate of drug-likeness (QED) is 0.506. The normalized spacial score (nSPS) is 17.2. The van der Waals surface area contributed by atoms with E-state index in [1.165, 1.54) is 37.5 Å². The first kappa shape index (κ1) is 15.3. The van der Waals surface area contributed by atoms with Crippen LogP contribution in [0.1, 0.15) is 49.4 Å². The van der Waals surface area contributed by atoms with Gasteiger partial charge in [-0.15, -0.1) is 0 Å². The van der Waals surface area contributed by atoms with Crippen LogP contribution in [0.5, 0.6) is 0 Å². The molecule has 1 amide bonds. The Morgan fingerprint density at radius 3 is 2.67 bits per heavy atom. The van der Waals surface area contributed by atoms with E-state index in [1.54, 1.807) is 0 Å². The number of hydrogen-bond donors (Lipinski definition) is 2. The number of anilines is 1. The van der Waals surface area contributed by atoms with Crippen LogP contribution >= 0.6 is 0 Å². The number of nitrogen functional groups attached to an aromatic ring is 1. The van der Waals surface area contributed by atoms with Gasteiger partial charge in [0.2, 0.25) is 0 Å². The maximum absolute atomic E-state index is 12.2. The minimum absolute atomic E-state index is 0.0752. The number of nitrogens with zero attached hydrogens (tertiary/aromatic N) is 1. The Morgan fingerprint density at radius 2 is 2.05 bits per heavy atom. The van der Waals surface area contributed by atoms with E-state index in [9.17, 15) is 14.9 Å². The Labute approximate surface area is 123 Å². The molecule has 1 saturated carbocycles. The zero-order valence-corrected chi connectivity index (χ0v) is 12.2. The van der Waals surface area contributed by atoms with E-state index in [0.29, 0.717) is 6.54 Å². The lowest BCUT2D eigenvalue weighted by molar-refractivity contribution is -0.383. The van der Waals surface area contributed by atoms with Crippen molar-refractivity contribution in [3.63, 3.8) is 0 Å². The summed E-state index contributed by atoms with van der Waals surface area (Å²) in [4.78, 5) is 22.5. The van der Waals surface area contributed by atoms with Gasteiger partial charge in [-0.25, -0.2) is 0 Å². The van der Waals surface area contributed by atoms with Gasteiger partial charge in [0.1, 0.15) is 5.69 Å². The van der Waals surface area contributed by atoms with Crippen molar-refractivity contribution in [1.29, 1.82) is 0 Å². The van der Waals surface area contributed by atoms with Crippen LogP contribution < -0.4 is 11.1 Å². The number of hydrogen-bond acceptors (Lipinski definition) is 4. The highest BCUT2D eigenvalue weighted by molar-refractivity contribution is 6.00. The Hall–Kier alpha value is -2.11. The van der Waals surface area contributed by atoms with E-state index in [4.69, 9.17) is 5.73 Å². The van der Waals surface area contributed by atoms with E-state index < -0.39 is 4.92 Å². The van der Waals surface area contributed by atoms with Crippen LogP contribution in [-0.4, -0.2) is 17.4 Å². The monoisotopic (exact) mass is 291 g/mol. The van der Waals surface area contributed by atoms with Crippen LogP contribution in [0.2, 0.25) is 0 Å². The number of nitro benzene ring substituents is 1. The molecule has 2 rings (SSSR count). The highest BCUT2D eigenvalue weighted by Crippen LogP contribution is 2.35. The third-order valence-corrected chi connectivity index (χ3v) is 4.26. The molecular weight excluding hydrogens is 270 g/mol. The fourth-order valence-electron chi connectivity index (χ4n) is 2.88. The molecule has 0 aromatic heterocycles. The number of para-hydroxylation sites is 1. The number of rotatable bonds is 4. The van der Waals surface area contributed by atoms with Gasteiger partial charge in [0.25, 0.3) is 11.6 Å². The predicted octanol–water partition coefficient (Wildman–Crippen LogP) is 2.88. The highest BCUT2D eigenvalue weighted by Gasteiger charge is 2.28. The van der Waals surface area contributed by atoms with Gasteiger partial charge < -0.3 is 11.1 Å². The molecule has 0 saturated heterocycles. The summed E-state index contributed by atoms with van der Waals surface area (Å²) < 4.78 is 0. The highest BCUT2D eigenvalue weighted by atomic mass is 16.6. The van der Waals surface area contributed by atoms with Crippen molar-refractivity contribution in [3.8, 4) is 0 Å². The molecule has 3 N–H and O–H groups in total. The SMILES string of the molecule is CC1(CNC(=O)c2cccc([N+](=O)[O-])c2N)CCCCC1. The smallest absolute Gasteiger partial charge is 0.292 e. The first-order valence-corrected chi connectivity index (χ1v) is 7.24. The van der Waals surface area contributed by atoms with Crippen molar-refractivity contribution < 1.29 is 9.72 Å². The molecule has 0 bridgehead atoms. The van der Waals surface area contributed by atoms with Gasteiger partial charge in [-0.2, -0.15) is 0 Å². The minimum atomic E-state index is -0.575. The van der Waals surface area contributed by atoms with Gasteiger partial charge in [-0.1, -0.05) is 32.3 Å². The molecule has 0 heterocycles. The summed E-state index contributed by atoms with van der Waals surface area (Å²) in [6, 6.07) is 4.29. The molecule has 6 nitrogen and oxygen atoms in total. The van der Waals surface area contributed by atoms with E-state index >= 15 is 0 Å². The third-order valence-electron chi connectivity index (χ3n) is 4.26. The summed E-state index contributed by atoms with van der Waals surface area (Å²) in [5.41, 5.74) is 5.70. The predicted molar refractivity (Wildman–Crippen MR) is 81.0 cm³/mol. The molecule has 114 valence electrons. The average Bonchev–Trinajstić information content (AvgIpc) is 2.45. The first-order chi connectivity index (χ1) is 9.93. The number of amides is 1. The molecule has 21 heavy (non-hydrogen) atoms. The lowest BCUT2D eigenvalue weighted by Crippen LogP contribution is -2.37. The standard InChI is InChI=1S/C15H21N3O3/c1-15(8-3-2-4-9-15)10-17-14(19)11-6-5-7-12(13(11)16)18(20)21/h5-7H,2-4,8-10,16H2,1H3,(H,17,19). The van der Waals surface area contributed by atoms with Gasteiger partial charge >= 0.3 is 0 Å². The average molecular weight is 291 g/mol. The maximum Gasteiger partial charge on any atom is 0.292 e. The molecule has 1 aliphatic rings. The fourth-order valence-corrected chi connectivity index (χ4v) is 2.88. The van der Waals surface area contributed by atoms with Crippen LogP contribution in [0.3, 0.4) is 0 Å². The Kier molecular flexibility index (Phi) is 4.45. The van der Waals surface area contributed by atoms with Crippen molar-refractivity contribution in [2.75, 3.05) is 12.3 Å². The molecule has 0 spiro atoms. The van der Waals surface area contributed by atoms with Crippen molar-refractivity contribution >= 4 is 17.3 Å². The van der Waals surface area contributed by atoms with E-state index in [0.717, 1.165) is 12.8 Å². The number of nitro groups is 1. The summed E-state index contributed by atoms with van der Waals surface area (Å²) in [6.45, 7) is 2.75. The lowest BCUT2D eigenvalue weighted by atomic mass is 9.76. The topological polar surface area (TPSA) is 98.3 Å². The van der Waals surface area contributed by atoms with E-state index in [2.05, 4.69) is 12.2 Å². The molecule has 0 radical (unpaired) electrons. The van der Waals surface area contributed by atoms with Gasteiger partial charge in [0.05, 0.1) is 10.5 Å². The summed E-state index contributed by atoms with van der Waals surface area (Å²) in [5, 5.41) is 13.7. The van der Waals surface area contributed by atoms with E-state index in [1.807, 2.05) is 0 Å². The minimum Gasteiger partial charge on any atom is -0.393 e. The number of carbonyl (C=O) groups is 1. The molecule has 1 aromatic rings. The second-order valence-electron chi connectivity index (χ2n) is 6.05. The Morgan fingerprint density at radius 1 is 1.38 bits per heavy atom.